The van der Waals surface area contributed by atoms with Gasteiger partial charge in [-0.2, -0.15) is 5.26 Å². The second-order valence-electron chi connectivity index (χ2n) is 5.62. The van der Waals surface area contributed by atoms with Gasteiger partial charge in [0.15, 0.2) is 0 Å². The molecule has 1 atom stereocenters. The van der Waals surface area contributed by atoms with E-state index in [2.05, 4.69) is 24.3 Å². The van der Waals surface area contributed by atoms with E-state index >= 15 is 0 Å². The molecule has 3 nitrogen and oxygen atoms in total. The molecule has 0 aliphatic heterocycles. The van der Waals surface area contributed by atoms with Crippen molar-refractivity contribution in [1.29, 1.82) is 5.26 Å². The number of hydrogen-bond donors (Lipinski definition) is 1. The number of nitrogens with zero attached hydrogens (tertiary/aromatic N) is 1. The summed E-state index contributed by atoms with van der Waals surface area (Å²) in [6.45, 7) is 2.47. The van der Waals surface area contributed by atoms with Crippen molar-refractivity contribution in [2.24, 2.45) is 5.73 Å². The molecule has 0 heterocycles. The van der Waals surface area contributed by atoms with Crippen molar-refractivity contribution < 1.29 is 4.74 Å². The van der Waals surface area contributed by atoms with Gasteiger partial charge in [-0.05, 0) is 68.7 Å². The Balaban J connectivity index is 1.71. The fourth-order valence-corrected chi connectivity index (χ4v) is 2.48. The third-order valence-electron chi connectivity index (χ3n) is 3.68. The van der Waals surface area contributed by atoms with Gasteiger partial charge in [0, 0.05) is 0 Å². The molecule has 1 aromatic carbocycles. The Labute approximate surface area is 115 Å². The van der Waals surface area contributed by atoms with Crippen LogP contribution in [0.25, 0.3) is 0 Å². The SMILES string of the molecule is CC(N)(C#N)CCCCOc1ccc2c(c1)CCC2. The van der Waals surface area contributed by atoms with Gasteiger partial charge in [-0.25, -0.2) is 0 Å². The van der Waals surface area contributed by atoms with Crippen LogP contribution in [-0.4, -0.2) is 12.1 Å². The Morgan fingerprint density at radius 3 is 2.89 bits per heavy atom. The number of nitriles is 1. The highest BCUT2D eigenvalue weighted by Gasteiger charge is 2.16. The van der Waals surface area contributed by atoms with Crippen LogP contribution in [0.4, 0.5) is 0 Å². The predicted molar refractivity (Wildman–Crippen MR) is 76.0 cm³/mol. The van der Waals surface area contributed by atoms with E-state index in [9.17, 15) is 0 Å². The van der Waals surface area contributed by atoms with Crippen molar-refractivity contribution in [2.75, 3.05) is 6.61 Å². The van der Waals surface area contributed by atoms with Crippen LogP contribution < -0.4 is 10.5 Å². The maximum absolute atomic E-state index is 8.81. The van der Waals surface area contributed by atoms with Crippen LogP contribution in [0.1, 0.15) is 43.7 Å². The number of benzene rings is 1. The van der Waals surface area contributed by atoms with Gasteiger partial charge in [0.05, 0.1) is 12.7 Å². The molecule has 1 aliphatic rings. The molecule has 1 aromatic rings. The first-order chi connectivity index (χ1) is 9.11. The number of nitrogens with two attached hydrogens (primary N) is 1. The Morgan fingerprint density at radius 2 is 2.11 bits per heavy atom. The zero-order valence-electron chi connectivity index (χ0n) is 11.6. The molecule has 102 valence electrons. The Kier molecular flexibility index (Phi) is 4.44. The first kappa shape index (κ1) is 13.9. The van der Waals surface area contributed by atoms with Crippen LogP contribution in [-0.2, 0) is 12.8 Å². The molecule has 2 N–H and O–H groups in total. The second-order valence-corrected chi connectivity index (χ2v) is 5.62. The van der Waals surface area contributed by atoms with E-state index in [4.69, 9.17) is 15.7 Å². The number of ether oxygens (including phenoxy) is 1. The maximum Gasteiger partial charge on any atom is 0.119 e. The fourth-order valence-electron chi connectivity index (χ4n) is 2.48. The summed E-state index contributed by atoms with van der Waals surface area (Å²) in [5.74, 6) is 0.969. The summed E-state index contributed by atoms with van der Waals surface area (Å²) in [5.41, 5.74) is 7.98. The van der Waals surface area contributed by atoms with Crippen molar-refractivity contribution >= 4 is 0 Å². The minimum absolute atomic E-state index is 0.695. The zero-order valence-corrected chi connectivity index (χ0v) is 11.6. The molecule has 0 saturated heterocycles. The molecule has 2 rings (SSSR count). The largest absolute Gasteiger partial charge is 0.494 e. The molecule has 0 amide bonds. The van der Waals surface area contributed by atoms with E-state index in [1.807, 2.05) is 0 Å². The van der Waals surface area contributed by atoms with Crippen LogP contribution in [0.15, 0.2) is 18.2 Å². The van der Waals surface area contributed by atoms with Gasteiger partial charge < -0.3 is 10.5 Å². The third-order valence-corrected chi connectivity index (χ3v) is 3.68. The molecule has 0 radical (unpaired) electrons. The second kappa shape index (κ2) is 6.08. The van der Waals surface area contributed by atoms with Crippen LogP contribution >= 0.6 is 0 Å². The van der Waals surface area contributed by atoms with Gasteiger partial charge in [0.2, 0.25) is 0 Å². The summed E-state index contributed by atoms with van der Waals surface area (Å²) in [6, 6.07) is 8.53. The summed E-state index contributed by atoms with van der Waals surface area (Å²) in [4.78, 5) is 0. The molecule has 0 bridgehead atoms. The van der Waals surface area contributed by atoms with Crippen LogP contribution in [0.3, 0.4) is 0 Å². The summed E-state index contributed by atoms with van der Waals surface area (Å²) in [7, 11) is 0. The molecule has 0 aromatic heterocycles. The van der Waals surface area contributed by atoms with Gasteiger partial charge >= 0.3 is 0 Å². The molecule has 3 heteroatoms. The van der Waals surface area contributed by atoms with Crippen molar-refractivity contribution in [3.8, 4) is 11.8 Å². The number of fused-ring (bicyclic) bond motifs is 1. The lowest BCUT2D eigenvalue weighted by Crippen LogP contribution is -2.33. The highest BCUT2D eigenvalue weighted by atomic mass is 16.5. The molecule has 0 fully saturated rings. The average molecular weight is 258 g/mol. The van der Waals surface area contributed by atoms with Crippen molar-refractivity contribution in [3.63, 3.8) is 0 Å². The quantitative estimate of drug-likeness (QED) is 0.798. The third kappa shape index (κ3) is 3.97. The fraction of sp³-hybridized carbons (Fsp3) is 0.562. The molecule has 0 spiro atoms. The summed E-state index contributed by atoms with van der Waals surface area (Å²) in [6.07, 6.45) is 6.23. The van der Waals surface area contributed by atoms with Gasteiger partial charge in [0.25, 0.3) is 0 Å². The molecule has 1 unspecified atom stereocenters. The lowest BCUT2D eigenvalue weighted by Gasteiger charge is -2.14. The van der Waals surface area contributed by atoms with Crippen LogP contribution in [0.2, 0.25) is 0 Å². The topological polar surface area (TPSA) is 59.0 Å². The Morgan fingerprint density at radius 1 is 1.32 bits per heavy atom. The Bertz CT molecular complexity index is 474. The minimum Gasteiger partial charge on any atom is -0.494 e. The smallest absolute Gasteiger partial charge is 0.119 e. The van der Waals surface area contributed by atoms with Crippen LogP contribution in [0, 0.1) is 11.3 Å². The van der Waals surface area contributed by atoms with E-state index in [-0.39, 0.29) is 0 Å². The number of rotatable bonds is 6. The van der Waals surface area contributed by atoms with Crippen molar-refractivity contribution in [2.45, 2.75) is 51.0 Å². The standard InChI is InChI=1S/C16H22N2O/c1-16(18,12-17)9-2-3-10-19-15-8-7-13-5-4-6-14(13)11-15/h7-8,11H,2-6,9-10,18H2,1H3. The van der Waals surface area contributed by atoms with Crippen molar-refractivity contribution in [1.82, 2.24) is 0 Å². The number of aryl methyl sites for hydroxylation is 2. The first-order valence-corrected chi connectivity index (χ1v) is 7.05. The summed E-state index contributed by atoms with van der Waals surface area (Å²) in [5, 5.41) is 8.81. The maximum atomic E-state index is 8.81. The lowest BCUT2D eigenvalue weighted by atomic mass is 9.98. The van der Waals surface area contributed by atoms with Gasteiger partial charge in [0.1, 0.15) is 11.3 Å². The van der Waals surface area contributed by atoms with Gasteiger partial charge in [-0.3, -0.25) is 0 Å². The summed E-state index contributed by atoms with van der Waals surface area (Å²) >= 11 is 0. The van der Waals surface area contributed by atoms with Gasteiger partial charge in [-0.15, -0.1) is 0 Å². The minimum atomic E-state index is -0.701. The molecule has 1 aliphatic carbocycles. The highest BCUT2D eigenvalue weighted by Crippen LogP contribution is 2.26. The normalized spacial score (nSPS) is 16.5. The van der Waals surface area contributed by atoms with E-state index in [0.29, 0.717) is 6.61 Å². The van der Waals surface area contributed by atoms with Crippen LogP contribution in [0.5, 0.6) is 5.75 Å². The van der Waals surface area contributed by atoms with E-state index in [1.54, 1.807) is 6.92 Å². The average Bonchev–Trinajstić information content (AvgIpc) is 2.85. The Hall–Kier alpha value is -1.53. The van der Waals surface area contributed by atoms with Crippen molar-refractivity contribution in [3.05, 3.63) is 29.3 Å². The molecular formula is C16H22N2O. The predicted octanol–water partition coefficient (Wildman–Crippen LogP) is 2.97. The highest BCUT2D eigenvalue weighted by molar-refractivity contribution is 5.38. The van der Waals surface area contributed by atoms with Gasteiger partial charge in [-0.1, -0.05) is 6.07 Å². The number of unbranched alkanes of at least 4 members (excludes halogenated alkanes) is 1. The number of hydrogen-bond acceptors (Lipinski definition) is 3. The van der Waals surface area contributed by atoms with E-state index < -0.39 is 5.54 Å². The molecule has 0 saturated carbocycles. The lowest BCUT2D eigenvalue weighted by molar-refractivity contribution is 0.300. The molecule has 19 heavy (non-hydrogen) atoms. The zero-order chi connectivity index (χ0) is 13.7. The summed E-state index contributed by atoms with van der Waals surface area (Å²) < 4.78 is 5.76. The first-order valence-electron chi connectivity index (χ1n) is 7.05. The molecular weight excluding hydrogens is 236 g/mol. The van der Waals surface area contributed by atoms with E-state index in [0.717, 1.165) is 25.0 Å². The van der Waals surface area contributed by atoms with E-state index in [1.165, 1.54) is 30.4 Å². The monoisotopic (exact) mass is 258 g/mol.